The zero-order chi connectivity index (χ0) is 21.5. The molecular weight excluding hydrogens is 511 g/mol. The summed E-state index contributed by atoms with van der Waals surface area (Å²) in [6.07, 6.45) is 1.43. The number of halogens is 1. The number of hydrogen-bond acceptors (Lipinski definition) is 5. The van der Waals surface area contributed by atoms with Gasteiger partial charge in [0.05, 0.1) is 5.75 Å². The van der Waals surface area contributed by atoms with Gasteiger partial charge in [-0.25, -0.2) is 0 Å². The van der Waals surface area contributed by atoms with Gasteiger partial charge in [0.2, 0.25) is 5.91 Å². The molecule has 0 saturated heterocycles. The number of amides is 1. The molecule has 3 rings (SSSR count). The Morgan fingerprint density at radius 1 is 1.13 bits per heavy atom. The number of carbonyl (C=O) groups is 2. The molecule has 1 aromatic heterocycles. The first-order valence-corrected chi connectivity index (χ1v) is 11.7. The van der Waals surface area contributed by atoms with Gasteiger partial charge < -0.3 is 5.32 Å². The number of rotatable bonds is 9. The molecule has 1 N–H and O–H groups in total. The van der Waals surface area contributed by atoms with Crippen molar-refractivity contribution in [1.29, 1.82) is 0 Å². The van der Waals surface area contributed by atoms with Crippen molar-refractivity contribution in [3.05, 3.63) is 69.1 Å². The molecule has 1 heterocycles. The van der Waals surface area contributed by atoms with Crippen LogP contribution in [0.2, 0.25) is 0 Å². The highest BCUT2D eigenvalue weighted by molar-refractivity contribution is 14.1. The fourth-order valence-corrected chi connectivity index (χ4v) is 4.17. The maximum atomic E-state index is 12.6. The Morgan fingerprint density at radius 3 is 2.60 bits per heavy atom. The van der Waals surface area contributed by atoms with Crippen molar-refractivity contribution >= 4 is 46.0 Å². The van der Waals surface area contributed by atoms with Crippen LogP contribution in [0.5, 0.6) is 0 Å². The van der Waals surface area contributed by atoms with Crippen LogP contribution in [0.15, 0.2) is 53.7 Å². The molecule has 0 radical (unpaired) electrons. The summed E-state index contributed by atoms with van der Waals surface area (Å²) < 4.78 is 3.10. The van der Waals surface area contributed by atoms with Gasteiger partial charge in [-0.3, -0.25) is 14.2 Å². The zero-order valence-electron chi connectivity index (χ0n) is 16.9. The van der Waals surface area contributed by atoms with Gasteiger partial charge in [-0.1, -0.05) is 36.0 Å². The second kappa shape index (κ2) is 10.7. The van der Waals surface area contributed by atoms with E-state index in [-0.39, 0.29) is 17.4 Å². The highest BCUT2D eigenvalue weighted by Crippen LogP contribution is 2.24. The largest absolute Gasteiger partial charge is 0.356 e. The molecular formula is C22H23IN4O2S. The lowest BCUT2D eigenvalue weighted by atomic mass is 10.2. The lowest BCUT2D eigenvalue weighted by Gasteiger charge is -2.11. The molecule has 1 amide bonds. The molecule has 0 saturated carbocycles. The Labute approximate surface area is 194 Å². The van der Waals surface area contributed by atoms with E-state index in [4.69, 9.17) is 0 Å². The number of ketones is 1. The van der Waals surface area contributed by atoms with Crippen molar-refractivity contribution in [2.75, 3.05) is 12.3 Å². The van der Waals surface area contributed by atoms with E-state index in [1.165, 1.54) is 18.7 Å². The monoisotopic (exact) mass is 534 g/mol. The van der Waals surface area contributed by atoms with Crippen LogP contribution in [0.3, 0.4) is 0 Å². The van der Waals surface area contributed by atoms with Gasteiger partial charge in [0.15, 0.2) is 10.9 Å². The van der Waals surface area contributed by atoms with Crippen LogP contribution in [-0.2, 0) is 11.2 Å². The SMILES string of the molecule is CC(=O)NCCCc1nnc(SCC(=O)c2ccc(I)cc2)n1-c1cccc(C)c1. The number of Topliss-reactive ketones (excluding diaryl/α,β-unsaturated/α-hetero) is 1. The molecule has 156 valence electrons. The number of aryl methyl sites for hydroxylation is 2. The lowest BCUT2D eigenvalue weighted by Crippen LogP contribution is -2.21. The van der Waals surface area contributed by atoms with Crippen molar-refractivity contribution in [2.45, 2.75) is 31.8 Å². The second-order valence-corrected chi connectivity index (χ2v) is 9.07. The summed E-state index contributed by atoms with van der Waals surface area (Å²) in [5.41, 5.74) is 2.80. The standard InChI is InChI=1S/C22H23IN4O2S/c1-15-5-3-6-19(13-15)27-21(7-4-12-24-16(2)28)25-26-22(27)30-14-20(29)17-8-10-18(23)11-9-17/h3,5-6,8-11,13H,4,7,12,14H2,1-2H3,(H,24,28). The molecule has 0 bridgehead atoms. The van der Waals surface area contributed by atoms with Crippen molar-refractivity contribution < 1.29 is 9.59 Å². The summed E-state index contributed by atoms with van der Waals surface area (Å²) >= 11 is 3.61. The number of benzene rings is 2. The third-order valence-electron chi connectivity index (χ3n) is 4.41. The molecule has 0 unspecified atom stereocenters. The minimum Gasteiger partial charge on any atom is -0.356 e. The summed E-state index contributed by atoms with van der Waals surface area (Å²) in [5.74, 6) is 1.12. The maximum Gasteiger partial charge on any atom is 0.216 e. The quantitative estimate of drug-likeness (QED) is 0.193. The Kier molecular flexibility index (Phi) is 8.03. The van der Waals surface area contributed by atoms with E-state index in [0.29, 0.717) is 23.7 Å². The first kappa shape index (κ1) is 22.5. The van der Waals surface area contributed by atoms with Crippen LogP contribution in [-0.4, -0.2) is 38.8 Å². The van der Waals surface area contributed by atoms with Crippen molar-refractivity contribution in [3.8, 4) is 5.69 Å². The zero-order valence-corrected chi connectivity index (χ0v) is 19.9. The average molecular weight is 534 g/mol. The highest BCUT2D eigenvalue weighted by Gasteiger charge is 2.16. The summed E-state index contributed by atoms with van der Waals surface area (Å²) in [5, 5.41) is 12.2. The molecule has 0 spiro atoms. The highest BCUT2D eigenvalue weighted by atomic mass is 127. The van der Waals surface area contributed by atoms with Gasteiger partial charge in [0, 0.05) is 34.7 Å². The average Bonchev–Trinajstić information content (AvgIpc) is 3.12. The van der Waals surface area contributed by atoms with Crippen LogP contribution < -0.4 is 5.32 Å². The second-order valence-electron chi connectivity index (χ2n) is 6.88. The van der Waals surface area contributed by atoms with Crippen molar-refractivity contribution in [3.63, 3.8) is 0 Å². The molecule has 0 aliphatic heterocycles. The van der Waals surface area contributed by atoms with Gasteiger partial charge >= 0.3 is 0 Å². The third kappa shape index (κ3) is 6.15. The van der Waals surface area contributed by atoms with Crippen LogP contribution >= 0.6 is 34.4 Å². The normalized spacial score (nSPS) is 10.8. The summed E-state index contributed by atoms with van der Waals surface area (Å²) in [6.45, 7) is 4.13. The Bertz CT molecular complexity index is 1030. The molecule has 3 aromatic rings. The maximum absolute atomic E-state index is 12.6. The van der Waals surface area contributed by atoms with E-state index in [9.17, 15) is 9.59 Å². The van der Waals surface area contributed by atoms with Crippen LogP contribution in [0, 0.1) is 10.5 Å². The van der Waals surface area contributed by atoms with Crippen molar-refractivity contribution in [2.24, 2.45) is 0 Å². The Hall–Kier alpha value is -2.20. The minimum absolute atomic E-state index is 0.0412. The lowest BCUT2D eigenvalue weighted by molar-refractivity contribution is -0.118. The molecule has 0 aliphatic carbocycles. The molecule has 0 atom stereocenters. The molecule has 0 fully saturated rings. The number of hydrogen-bond donors (Lipinski definition) is 1. The number of carbonyl (C=O) groups excluding carboxylic acids is 2. The molecule has 6 nitrogen and oxygen atoms in total. The fraction of sp³-hybridized carbons (Fsp3) is 0.273. The van der Waals surface area contributed by atoms with E-state index < -0.39 is 0 Å². The van der Waals surface area contributed by atoms with Gasteiger partial charge in [-0.2, -0.15) is 0 Å². The fourth-order valence-electron chi connectivity index (χ4n) is 2.94. The van der Waals surface area contributed by atoms with Crippen LogP contribution in [0.25, 0.3) is 5.69 Å². The van der Waals surface area contributed by atoms with Crippen LogP contribution in [0.1, 0.15) is 35.1 Å². The number of nitrogens with one attached hydrogen (secondary N) is 1. The first-order chi connectivity index (χ1) is 14.4. The molecule has 8 heteroatoms. The van der Waals surface area contributed by atoms with Crippen molar-refractivity contribution in [1.82, 2.24) is 20.1 Å². The predicted octanol–water partition coefficient (Wildman–Crippen LogP) is 4.22. The molecule has 30 heavy (non-hydrogen) atoms. The number of thioether (sulfide) groups is 1. The Morgan fingerprint density at radius 2 is 1.90 bits per heavy atom. The van der Waals surface area contributed by atoms with E-state index in [1.54, 1.807) is 0 Å². The number of aromatic nitrogens is 3. The summed E-state index contributed by atoms with van der Waals surface area (Å²) in [6, 6.07) is 15.7. The van der Waals surface area contributed by atoms with Crippen LogP contribution in [0.4, 0.5) is 0 Å². The van der Waals surface area contributed by atoms with Gasteiger partial charge in [-0.15, -0.1) is 10.2 Å². The topological polar surface area (TPSA) is 76.9 Å². The summed E-state index contributed by atoms with van der Waals surface area (Å²) in [4.78, 5) is 23.7. The van der Waals surface area contributed by atoms with Gasteiger partial charge in [-0.05, 0) is 65.8 Å². The smallest absolute Gasteiger partial charge is 0.216 e. The van der Waals surface area contributed by atoms with E-state index in [0.717, 1.165) is 27.1 Å². The predicted molar refractivity (Wildman–Crippen MR) is 127 cm³/mol. The third-order valence-corrected chi connectivity index (χ3v) is 6.06. The minimum atomic E-state index is -0.0412. The van der Waals surface area contributed by atoms with E-state index >= 15 is 0 Å². The number of nitrogens with zero attached hydrogens (tertiary/aromatic N) is 3. The van der Waals surface area contributed by atoms with E-state index in [1.807, 2.05) is 54.0 Å². The summed E-state index contributed by atoms with van der Waals surface area (Å²) in [7, 11) is 0. The van der Waals surface area contributed by atoms with Gasteiger partial charge in [0.25, 0.3) is 0 Å². The molecule has 2 aromatic carbocycles. The first-order valence-electron chi connectivity index (χ1n) is 9.61. The van der Waals surface area contributed by atoms with E-state index in [2.05, 4.69) is 44.2 Å². The van der Waals surface area contributed by atoms with Gasteiger partial charge in [0.1, 0.15) is 5.82 Å². The molecule has 0 aliphatic rings. The Balaban J connectivity index is 1.78.